The maximum Gasteiger partial charge on any atom is 0.247 e. The minimum absolute atomic E-state index is 0.0963. The number of aryl methyl sites for hydroxylation is 1. The number of nitrogens with one attached hydrogen (secondary N) is 1. The van der Waals surface area contributed by atoms with Gasteiger partial charge in [0.25, 0.3) is 0 Å². The number of nitrogens with zero attached hydrogens (tertiary/aromatic N) is 3. The summed E-state index contributed by atoms with van der Waals surface area (Å²) in [7, 11) is -3.68. The van der Waals surface area contributed by atoms with Gasteiger partial charge in [0, 0.05) is 30.4 Å². The fourth-order valence-electron chi connectivity index (χ4n) is 2.38. The minimum atomic E-state index is -3.68. The lowest BCUT2D eigenvalue weighted by Gasteiger charge is -2.10. The van der Waals surface area contributed by atoms with Gasteiger partial charge in [-0.1, -0.05) is 12.1 Å². The predicted molar refractivity (Wildman–Crippen MR) is 97.2 cm³/mol. The smallest absolute Gasteiger partial charge is 0.247 e. The zero-order valence-electron chi connectivity index (χ0n) is 14.0. The first-order valence-electron chi connectivity index (χ1n) is 7.88. The number of hydrogen-bond donors (Lipinski definition) is 1. The third-order valence-electron chi connectivity index (χ3n) is 3.71. The molecular weight excluding hydrogens is 376 g/mol. The monoisotopic (exact) mass is 392 g/mol. The van der Waals surface area contributed by atoms with Gasteiger partial charge in [0.05, 0.1) is 4.90 Å². The number of alkyl halides is 1. The van der Waals surface area contributed by atoms with Crippen LogP contribution in [-0.4, -0.2) is 30.1 Å². The molecule has 3 aromatic rings. The lowest BCUT2D eigenvalue weighted by atomic mass is 10.1. The number of benzene rings is 1. The van der Waals surface area contributed by atoms with Gasteiger partial charge in [-0.15, -0.1) is 21.8 Å². The molecule has 1 aromatic carbocycles. The van der Waals surface area contributed by atoms with Crippen LogP contribution >= 0.6 is 11.6 Å². The molecule has 26 heavy (non-hydrogen) atoms. The van der Waals surface area contributed by atoms with Crippen LogP contribution in [0.1, 0.15) is 17.1 Å². The second-order valence-corrected chi connectivity index (χ2v) is 7.59. The molecule has 0 fully saturated rings. The van der Waals surface area contributed by atoms with Crippen LogP contribution in [0.15, 0.2) is 51.9 Å². The summed E-state index contributed by atoms with van der Waals surface area (Å²) in [6, 6.07) is 10.5. The van der Waals surface area contributed by atoms with Crippen LogP contribution in [0.4, 0.5) is 0 Å². The summed E-state index contributed by atoms with van der Waals surface area (Å²) in [4.78, 5) is 4.35. The second-order valence-electron chi connectivity index (χ2n) is 5.58. The molecule has 2 heterocycles. The quantitative estimate of drug-likeness (QED) is 0.621. The Morgan fingerprint density at radius 2 is 2.04 bits per heavy atom. The zero-order valence-corrected chi connectivity index (χ0v) is 15.6. The Bertz CT molecular complexity index is 990. The fraction of sp³-hybridized carbons (Fsp3) is 0.235. The largest absolute Gasteiger partial charge is 0.419 e. The van der Waals surface area contributed by atoms with Crippen molar-refractivity contribution in [3.05, 3.63) is 59.7 Å². The van der Waals surface area contributed by atoms with Gasteiger partial charge in [-0.25, -0.2) is 13.1 Å². The highest BCUT2D eigenvalue weighted by molar-refractivity contribution is 7.89. The molecule has 0 amide bonds. The van der Waals surface area contributed by atoms with Gasteiger partial charge < -0.3 is 4.42 Å². The van der Waals surface area contributed by atoms with Crippen LogP contribution in [0.3, 0.4) is 0 Å². The van der Waals surface area contributed by atoms with Crippen molar-refractivity contribution < 1.29 is 12.8 Å². The van der Waals surface area contributed by atoms with Gasteiger partial charge in [-0.3, -0.25) is 4.98 Å². The summed E-state index contributed by atoms with van der Waals surface area (Å²) < 4.78 is 33.3. The van der Waals surface area contributed by atoms with Gasteiger partial charge >= 0.3 is 0 Å². The van der Waals surface area contributed by atoms with Gasteiger partial charge in [-0.05, 0) is 36.8 Å². The molecule has 0 saturated carbocycles. The van der Waals surface area contributed by atoms with Crippen molar-refractivity contribution >= 4 is 21.6 Å². The molecule has 7 nitrogen and oxygen atoms in total. The van der Waals surface area contributed by atoms with Crippen LogP contribution in [0.2, 0.25) is 0 Å². The topological polar surface area (TPSA) is 98.0 Å². The van der Waals surface area contributed by atoms with Gasteiger partial charge in [0.2, 0.25) is 21.8 Å². The van der Waals surface area contributed by atoms with E-state index in [9.17, 15) is 8.42 Å². The fourth-order valence-corrected chi connectivity index (χ4v) is 3.79. The van der Waals surface area contributed by atoms with E-state index in [1.54, 1.807) is 25.3 Å². The molecule has 0 unspecified atom stereocenters. The van der Waals surface area contributed by atoms with E-state index in [-0.39, 0.29) is 29.1 Å². The summed E-state index contributed by atoms with van der Waals surface area (Å²) in [5.41, 5.74) is 1.96. The third kappa shape index (κ3) is 4.27. The number of pyridine rings is 1. The van der Waals surface area contributed by atoms with Gasteiger partial charge in [0.1, 0.15) is 5.88 Å². The molecular formula is C17H17ClN4O3S. The van der Waals surface area contributed by atoms with Crippen molar-refractivity contribution in [2.45, 2.75) is 24.1 Å². The van der Waals surface area contributed by atoms with Crippen LogP contribution in [0.5, 0.6) is 0 Å². The summed E-state index contributed by atoms with van der Waals surface area (Å²) in [5.74, 6) is 0.602. The maximum atomic E-state index is 12.7. The standard InChI is InChI=1S/C17H17ClN4O3S/c1-12-5-6-13(17-22-21-16(11-18)25-17)10-15(12)26(23,24)20-9-7-14-4-2-3-8-19-14/h2-6,8,10,20H,7,9,11H2,1H3. The Hall–Kier alpha value is -2.29. The second kappa shape index (κ2) is 7.94. The minimum Gasteiger partial charge on any atom is -0.419 e. The first-order valence-corrected chi connectivity index (χ1v) is 9.90. The first-order chi connectivity index (χ1) is 12.5. The van der Waals surface area contributed by atoms with E-state index in [2.05, 4.69) is 19.9 Å². The normalized spacial score (nSPS) is 11.6. The lowest BCUT2D eigenvalue weighted by Crippen LogP contribution is -2.26. The highest BCUT2D eigenvalue weighted by atomic mass is 35.5. The van der Waals surface area contributed by atoms with E-state index in [1.165, 1.54) is 6.07 Å². The Morgan fingerprint density at radius 1 is 1.19 bits per heavy atom. The summed E-state index contributed by atoms with van der Waals surface area (Å²) in [6.45, 7) is 1.98. The molecule has 1 N–H and O–H groups in total. The third-order valence-corrected chi connectivity index (χ3v) is 5.54. The van der Waals surface area contributed by atoms with Crippen molar-refractivity contribution in [2.75, 3.05) is 6.54 Å². The molecule has 0 bridgehead atoms. The number of rotatable bonds is 7. The molecule has 0 atom stereocenters. The number of halogens is 1. The van der Waals surface area contributed by atoms with Crippen LogP contribution in [-0.2, 0) is 22.3 Å². The Kier molecular flexibility index (Phi) is 5.65. The molecule has 0 aliphatic heterocycles. The Balaban J connectivity index is 1.79. The maximum absolute atomic E-state index is 12.7. The average molecular weight is 393 g/mol. The molecule has 2 aromatic heterocycles. The van der Waals surface area contributed by atoms with E-state index < -0.39 is 10.0 Å². The molecule has 9 heteroatoms. The zero-order chi connectivity index (χ0) is 18.6. The number of hydrogen-bond acceptors (Lipinski definition) is 6. The molecule has 0 saturated heterocycles. The van der Waals surface area contributed by atoms with Crippen LogP contribution in [0.25, 0.3) is 11.5 Å². The highest BCUT2D eigenvalue weighted by Gasteiger charge is 2.19. The van der Waals surface area contributed by atoms with Crippen molar-refractivity contribution in [2.24, 2.45) is 0 Å². The molecule has 0 radical (unpaired) electrons. The van der Waals surface area contributed by atoms with Gasteiger partial charge in [0.15, 0.2) is 0 Å². The van der Waals surface area contributed by atoms with Crippen LogP contribution < -0.4 is 4.72 Å². The molecule has 0 aliphatic carbocycles. The van der Waals surface area contributed by atoms with Crippen LogP contribution in [0, 0.1) is 6.92 Å². The summed E-state index contributed by atoms with van der Waals surface area (Å²) >= 11 is 5.66. The van der Waals surface area contributed by atoms with Crippen molar-refractivity contribution in [1.82, 2.24) is 19.9 Å². The molecule has 136 valence electrons. The SMILES string of the molecule is Cc1ccc(-c2nnc(CCl)o2)cc1S(=O)(=O)NCCc1ccccn1. The van der Waals surface area contributed by atoms with E-state index >= 15 is 0 Å². The van der Waals surface area contributed by atoms with E-state index in [4.69, 9.17) is 16.0 Å². The number of sulfonamides is 1. The van der Waals surface area contributed by atoms with Gasteiger partial charge in [-0.2, -0.15) is 0 Å². The Morgan fingerprint density at radius 3 is 2.73 bits per heavy atom. The Labute approximate surface area is 156 Å². The lowest BCUT2D eigenvalue weighted by molar-refractivity contribution is 0.527. The summed E-state index contributed by atoms with van der Waals surface area (Å²) in [6.07, 6.45) is 2.18. The first kappa shape index (κ1) is 18.5. The van der Waals surface area contributed by atoms with E-state index in [0.29, 0.717) is 17.5 Å². The predicted octanol–water partition coefficient (Wildman–Crippen LogP) is 2.70. The van der Waals surface area contributed by atoms with Crippen molar-refractivity contribution in [3.8, 4) is 11.5 Å². The highest BCUT2D eigenvalue weighted by Crippen LogP contribution is 2.24. The van der Waals surface area contributed by atoms with Crippen molar-refractivity contribution in [1.29, 1.82) is 0 Å². The molecule has 0 aliphatic rings. The number of aromatic nitrogens is 3. The average Bonchev–Trinajstić information content (AvgIpc) is 3.12. The molecule has 0 spiro atoms. The van der Waals surface area contributed by atoms with E-state index in [0.717, 1.165) is 5.69 Å². The molecule has 3 rings (SSSR count). The summed E-state index contributed by atoms with van der Waals surface area (Å²) in [5, 5.41) is 7.68. The van der Waals surface area contributed by atoms with E-state index in [1.807, 2.05) is 18.2 Å². The van der Waals surface area contributed by atoms with Crippen molar-refractivity contribution in [3.63, 3.8) is 0 Å².